The molecule has 2 saturated carbocycles. The molecule has 0 radical (unpaired) electrons. The highest BCUT2D eigenvalue weighted by molar-refractivity contribution is 6.64. The van der Waals surface area contributed by atoms with Gasteiger partial charge in [0.25, 0.3) is 0 Å². The molecule has 3 aliphatic rings. The maximum atomic E-state index is 6.45. The van der Waals surface area contributed by atoms with Crippen LogP contribution >= 0.6 is 0 Å². The lowest BCUT2D eigenvalue weighted by Gasteiger charge is -2.34. The molecule has 3 fully saturated rings. The molecule has 21 heavy (non-hydrogen) atoms. The second kappa shape index (κ2) is 6.28. The molecule has 0 aromatic rings. The van der Waals surface area contributed by atoms with Gasteiger partial charge in [0.05, 0.1) is 0 Å². The van der Waals surface area contributed by atoms with Crippen molar-refractivity contribution in [1.82, 2.24) is 0 Å². The fraction of sp³-hybridized carbons (Fsp3) is 1.00. The van der Waals surface area contributed by atoms with E-state index in [1.165, 1.54) is 25.7 Å². The largest absolute Gasteiger partial charge is 0.363 e. The zero-order valence-corrected chi connectivity index (χ0v) is 14.6. The van der Waals surface area contributed by atoms with Crippen molar-refractivity contribution in [3.63, 3.8) is 0 Å². The minimum Gasteiger partial charge on any atom is -0.363 e. The average molecular weight is 314 g/mol. The maximum Gasteiger partial charge on any atom is 0.336 e. The highest BCUT2D eigenvalue weighted by Crippen LogP contribution is 2.43. The van der Waals surface area contributed by atoms with Gasteiger partial charge in [0, 0.05) is 25.7 Å². The van der Waals surface area contributed by atoms with Crippen molar-refractivity contribution in [3.05, 3.63) is 0 Å². The number of hydrogen-bond donors (Lipinski definition) is 0. The van der Waals surface area contributed by atoms with Gasteiger partial charge in [0.1, 0.15) is 0 Å². The predicted molar refractivity (Wildman–Crippen MR) is 82.7 cm³/mol. The van der Waals surface area contributed by atoms with Gasteiger partial charge in [-0.25, -0.2) is 0 Å². The summed E-state index contributed by atoms with van der Waals surface area (Å²) in [5.41, 5.74) is 0. The Morgan fingerprint density at radius 3 is 1.24 bits per heavy atom. The molecule has 4 nitrogen and oxygen atoms in total. The summed E-state index contributed by atoms with van der Waals surface area (Å²) in [6.07, 6.45) is 13.4. The third kappa shape index (κ3) is 3.88. The van der Waals surface area contributed by atoms with Gasteiger partial charge in [-0.2, -0.15) is 9.78 Å². The van der Waals surface area contributed by atoms with E-state index in [2.05, 4.69) is 13.1 Å². The third-order valence-electron chi connectivity index (χ3n) is 4.94. The van der Waals surface area contributed by atoms with Gasteiger partial charge in [-0.15, -0.1) is 0 Å². The van der Waals surface area contributed by atoms with E-state index in [1.807, 2.05) is 0 Å². The zero-order valence-electron chi connectivity index (χ0n) is 13.6. The summed E-state index contributed by atoms with van der Waals surface area (Å²) in [5.74, 6) is -1.11. The fourth-order valence-electron chi connectivity index (χ4n) is 4.01. The second-order valence-corrected chi connectivity index (χ2v) is 10.6. The first-order valence-electron chi connectivity index (χ1n) is 8.81. The molecule has 2 spiro atoms. The van der Waals surface area contributed by atoms with E-state index in [9.17, 15) is 0 Å². The van der Waals surface area contributed by atoms with E-state index < -0.39 is 20.1 Å². The molecule has 0 atom stereocenters. The van der Waals surface area contributed by atoms with Crippen molar-refractivity contribution in [2.45, 2.75) is 102 Å². The molecular formula is C16H30O4Si. The SMILES string of the molecule is C[Si]1(C)OC2(CCCCCC2)OOC2(CCCCCC2)O1. The normalized spacial score (nSPS) is 32.3. The smallest absolute Gasteiger partial charge is 0.336 e. The summed E-state index contributed by atoms with van der Waals surface area (Å²) in [6, 6.07) is 0. The third-order valence-corrected chi connectivity index (χ3v) is 6.67. The van der Waals surface area contributed by atoms with Crippen LogP contribution in [-0.4, -0.2) is 20.1 Å². The van der Waals surface area contributed by atoms with Crippen molar-refractivity contribution in [2.75, 3.05) is 0 Å². The Morgan fingerprint density at radius 1 is 0.571 bits per heavy atom. The lowest BCUT2D eigenvalue weighted by Crippen LogP contribution is -2.48. The van der Waals surface area contributed by atoms with Crippen molar-refractivity contribution in [2.24, 2.45) is 0 Å². The maximum absolute atomic E-state index is 6.45. The van der Waals surface area contributed by atoms with E-state index in [-0.39, 0.29) is 0 Å². The van der Waals surface area contributed by atoms with Crippen LogP contribution in [0.15, 0.2) is 0 Å². The Labute approximate surface area is 129 Å². The van der Waals surface area contributed by atoms with Gasteiger partial charge in [0.2, 0.25) is 0 Å². The molecule has 0 amide bonds. The van der Waals surface area contributed by atoms with E-state index in [0.717, 1.165) is 51.4 Å². The number of hydrogen-bond acceptors (Lipinski definition) is 4. The summed E-state index contributed by atoms with van der Waals surface area (Å²) in [6.45, 7) is 4.29. The summed E-state index contributed by atoms with van der Waals surface area (Å²) in [5, 5.41) is 0. The molecule has 1 aliphatic heterocycles. The summed E-state index contributed by atoms with van der Waals surface area (Å²) in [4.78, 5) is 12.0. The zero-order chi connectivity index (χ0) is 14.8. The van der Waals surface area contributed by atoms with Crippen LogP contribution in [0.1, 0.15) is 77.0 Å². The van der Waals surface area contributed by atoms with Crippen molar-refractivity contribution in [3.8, 4) is 0 Å². The van der Waals surface area contributed by atoms with E-state index in [4.69, 9.17) is 18.6 Å². The molecule has 122 valence electrons. The molecular weight excluding hydrogens is 284 g/mol. The molecule has 0 aromatic carbocycles. The van der Waals surface area contributed by atoms with Crippen LogP contribution in [0, 0.1) is 0 Å². The van der Waals surface area contributed by atoms with Gasteiger partial charge in [-0.1, -0.05) is 25.7 Å². The van der Waals surface area contributed by atoms with Gasteiger partial charge < -0.3 is 8.85 Å². The minimum absolute atomic E-state index is 0.554. The highest BCUT2D eigenvalue weighted by Gasteiger charge is 2.52. The molecule has 1 saturated heterocycles. The van der Waals surface area contributed by atoms with Crippen LogP contribution in [0.5, 0.6) is 0 Å². The molecule has 2 aliphatic carbocycles. The minimum atomic E-state index is -2.26. The van der Waals surface area contributed by atoms with Crippen LogP contribution in [0.2, 0.25) is 13.1 Å². The van der Waals surface area contributed by atoms with E-state index in [0.29, 0.717) is 0 Å². The first-order valence-corrected chi connectivity index (χ1v) is 11.6. The van der Waals surface area contributed by atoms with Crippen molar-refractivity contribution in [1.29, 1.82) is 0 Å². The first-order chi connectivity index (χ1) is 10.0. The molecule has 1 heterocycles. The van der Waals surface area contributed by atoms with Crippen LogP contribution < -0.4 is 0 Å². The Balaban J connectivity index is 1.80. The van der Waals surface area contributed by atoms with Crippen LogP contribution in [-0.2, 0) is 18.6 Å². The Bertz CT molecular complexity index is 310. The topological polar surface area (TPSA) is 36.9 Å². The Hall–Kier alpha value is 0.0569. The van der Waals surface area contributed by atoms with Crippen molar-refractivity contribution >= 4 is 8.56 Å². The summed E-state index contributed by atoms with van der Waals surface area (Å²) in [7, 11) is -2.26. The quantitative estimate of drug-likeness (QED) is 0.476. The molecule has 0 bridgehead atoms. The molecule has 0 unspecified atom stereocenters. The molecule has 5 heteroatoms. The summed E-state index contributed by atoms with van der Waals surface area (Å²) >= 11 is 0. The van der Waals surface area contributed by atoms with Gasteiger partial charge in [0.15, 0.2) is 11.6 Å². The van der Waals surface area contributed by atoms with Gasteiger partial charge in [-0.05, 0) is 38.8 Å². The lowest BCUT2D eigenvalue weighted by atomic mass is 10.1. The van der Waals surface area contributed by atoms with Crippen LogP contribution in [0.4, 0.5) is 0 Å². The number of rotatable bonds is 0. The highest BCUT2D eigenvalue weighted by atomic mass is 28.4. The van der Waals surface area contributed by atoms with Gasteiger partial charge in [-0.3, -0.25) is 0 Å². The van der Waals surface area contributed by atoms with E-state index >= 15 is 0 Å². The van der Waals surface area contributed by atoms with Crippen LogP contribution in [0.3, 0.4) is 0 Å². The lowest BCUT2D eigenvalue weighted by molar-refractivity contribution is -0.471. The first kappa shape index (κ1) is 15.9. The van der Waals surface area contributed by atoms with Crippen molar-refractivity contribution < 1.29 is 18.6 Å². The Kier molecular flexibility index (Phi) is 4.76. The standard InChI is InChI=1S/C16H30O4Si/c1-21(2)19-15(11-7-3-4-8-12-15)17-18-16(20-21)13-9-5-6-10-14-16/h3-14H2,1-2H3. The van der Waals surface area contributed by atoms with Crippen LogP contribution in [0.25, 0.3) is 0 Å². The Morgan fingerprint density at radius 2 is 0.905 bits per heavy atom. The molecule has 3 rings (SSSR count). The second-order valence-electron chi connectivity index (χ2n) is 7.42. The monoisotopic (exact) mass is 314 g/mol. The molecule has 0 aromatic heterocycles. The predicted octanol–water partition coefficient (Wildman–Crippen LogP) is 4.78. The molecule has 0 N–H and O–H groups in total. The summed E-state index contributed by atoms with van der Waals surface area (Å²) < 4.78 is 12.9. The van der Waals surface area contributed by atoms with E-state index in [1.54, 1.807) is 0 Å². The van der Waals surface area contributed by atoms with Gasteiger partial charge >= 0.3 is 8.56 Å². The average Bonchev–Trinajstić information content (AvgIpc) is 2.81. The fourth-order valence-corrected chi connectivity index (χ4v) is 6.32.